The largest absolute Gasteiger partial charge is 0.317 e. The molecule has 0 saturated heterocycles. The minimum Gasteiger partial charge on any atom is -0.317 e. The van der Waals surface area contributed by atoms with E-state index in [0.717, 1.165) is 10.4 Å². The number of amides is 3. The predicted octanol–water partition coefficient (Wildman–Crippen LogP) is 2.65. The normalized spacial score (nSPS) is 10.0. The monoisotopic (exact) mass is 302 g/mol. The van der Waals surface area contributed by atoms with E-state index in [1.54, 1.807) is 6.07 Å². The smallest absolute Gasteiger partial charge is 0.260 e. The van der Waals surface area contributed by atoms with Crippen molar-refractivity contribution in [1.82, 2.24) is 5.32 Å². The van der Waals surface area contributed by atoms with E-state index in [1.807, 2.05) is 30.3 Å². The molecule has 0 aliphatic carbocycles. The summed E-state index contributed by atoms with van der Waals surface area (Å²) >= 11 is 1.29. The van der Waals surface area contributed by atoms with Crippen LogP contribution < -0.4 is 10.6 Å². The summed E-state index contributed by atoms with van der Waals surface area (Å²) in [6.45, 7) is 2.63. The lowest BCUT2D eigenvalue weighted by molar-refractivity contribution is -0.118. The van der Waals surface area contributed by atoms with Crippen LogP contribution in [-0.2, 0) is 9.59 Å². The number of anilines is 1. The topological polar surface area (TPSA) is 75.3 Å². The Labute approximate surface area is 126 Å². The number of imide groups is 1. The maximum absolute atomic E-state index is 12.0. The van der Waals surface area contributed by atoms with Gasteiger partial charge in [-0.1, -0.05) is 30.3 Å². The third-order valence-corrected chi connectivity index (χ3v) is 3.71. The average molecular weight is 302 g/mol. The highest BCUT2D eigenvalue weighted by Gasteiger charge is 2.18. The van der Waals surface area contributed by atoms with Crippen LogP contribution in [-0.4, -0.2) is 17.7 Å². The van der Waals surface area contributed by atoms with Crippen LogP contribution in [0.25, 0.3) is 10.4 Å². The molecular weight excluding hydrogens is 288 g/mol. The molecule has 0 spiro atoms. The van der Waals surface area contributed by atoms with Crippen LogP contribution in [0.4, 0.5) is 5.00 Å². The molecular formula is C15H14N2O3S. The molecule has 21 heavy (non-hydrogen) atoms. The Balaban J connectivity index is 2.42. The van der Waals surface area contributed by atoms with Crippen LogP contribution in [0, 0.1) is 0 Å². The van der Waals surface area contributed by atoms with E-state index in [4.69, 9.17) is 0 Å². The Morgan fingerprint density at radius 2 is 1.67 bits per heavy atom. The van der Waals surface area contributed by atoms with Gasteiger partial charge in [0.15, 0.2) is 0 Å². The van der Waals surface area contributed by atoms with E-state index in [2.05, 4.69) is 10.6 Å². The van der Waals surface area contributed by atoms with E-state index in [9.17, 15) is 14.4 Å². The fraction of sp³-hybridized carbons (Fsp3) is 0.133. The minimum atomic E-state index is -0.523. The van der Waals surface area contributed by atoms with Crippen molar-refractivity contribution in [3.05, 3.63) is 42.0 Å². The lowest BCUT2D eigenvalue weighted by atomic mass is 10.1. The van der Waals surface area contributed by atoms with Crippen LogP contribution in [0.1, 0.15) is 24.2 Å². The molecule has 2 rings (SSSR count). The van der Waals surface area contributed by atoms with Crippen molar-refractivity contribution >= 4 is 34.1 Å². The predicted molar refractivity (Wildman–Crippen MR) is 82.2 cm³/mol. The third-order valence-electron chi connectivity index (χ3n) is 2.61. The van der Waals surface area contributed by atoms with Gasteiger partial charge in [0.1, 0.15) is 5.00 Å². The van der Waals surface area contributed by atoms with Crippen molar-refractivity contribution in [3.63, 3.8) is 0 Å². The second kappa shape index (κ2) is 6.32. The summed E-state index contributed by atoms with van der Waals surface area (Å²) < 4.78 is 0. The summed E-state index contributed by atoms with van der Waals surface area (Å²) in [6.07, 6.45) is 0. The van der Waals surface area contributed by atoms with Crippen molar-refractivity contribution in [2.24, 2.45) is 0 Å². The SMILES string of the molecule is CC(=O)NC(=O)c1cc(-c2ccccc2)sc1NC(C)=O. The lowest BCUT2D eigenvalue weighted by Crippen LogP contribution is -2.28. The fourth-order valence-corrected chi connectivity index (χ4v) is 2.89. The van der Waals surface area contributed by atoms with Gasteiger partial charge in [0.2, 0.25) is 11.8 Å². The molecule has 1 aromatic carbocycles. The molecule has 0 radical (unpaired) electrons. The molecule has 0 aliphatic rings. The number of carbonyl (C=O) groups excluding carboxylic acids is 3. The molecule has 108 valence electrons. The Bertz CT molecular complexity index is 692. The van der Waals surface area contributed by atoms with Gasteiger partial charge in [-0.05, 0) is 11.6 Å². The van der Waals surface area contributed by atoms with Gasteiger partial charge in [0.05, 0.1) is 5.56 Å². The summed E-state index contributed by atoms with van der Waals surface area (Å²) in [5.74, 6) is -1.24. The van der Waals surface area contributed by atoms with E-state index in [-0.39, 0.29) is 11.5 Å². The Morgan fingerprint density at radius 3 is 2.24 bits per heavy atom. The summed E-state index contributed by atoms with van der Waals surface area (Å²) in [5.41, 5.74) is 1.22. The first-order chi connectivity index (χ1) is 9.97. The van der Waals surface area contributed by atoms with E-state index >= 15 is 0 Å². The number of nitrogens with one attached hydrogen (secondary N) is 2. The second-order valence-electron chi connectivity index (χ2n) is 4.41. The van der Waals surface area contributed by atoms with Crippen LogP contribution >= 0.6 is 11.3 Å². The molecule has 0 atom stereocenters. The van der Waals surface area contributed by atoms with Crippen molar-refractivity contribution in [2.45, 2.75) is 13.8 Å². The Morgan fingerprint density at radius 1 is 1.00 bits per heavy atom. The van der Waals surface area contributed by atoms with E-state index < -0.39 is 11.8 Å². The van der Waals surface area contributed by atoms with Gasteiger partial charge in [-0.25, -0.2) is 0 Å². The van der Waals surface area contributed by atoms with Gasteiger partial charge < -0.3 is 5.32 Å². The molecule has 0 bridgehead atoms. The molecule has 2 N–H and O–H groups in total. The quantitative estimate of drug-likeness (QED) is 0.915. The zero-order valence-corrected chi connectivity index (χ0v) is 12.4. The first-order valence-electron chi connectivity index (χ1n) is 6.26. The van der Waals surface area contributed by atoms with Crippen LogP contribution in [0.2, 0.25) is 0 Å². The van der Waals surface area contributed by atoms with E-state index in [0.29, 0.717) is 5.00 Å². The number of thiophene rings is 1. The van der Waals surface area contributed by atoms with Gasteiger partial charge in [-0.3, -0.25) is 19.7 Å². The first-order valence-corrected chi connectivity index (χ1v) is 7.08. The highest BCUT2D eigenvalue weighted by molar-refractivity contribution is 7.20. The summed E-state index contributed by atoms with van der Waals surface area (Å²) in [7, 11) is 0. The Kier molecular flexibility index (Phi) is 4.49. The highest BCUT2D eigenvalue weighted by atomic mass is 32.1. The number of carbonyl (C=O) groups is 3. The number of hydrogen-bond acceptors (Lipinski definition) is 4. The molecule has 6 heteroatoms. The van der Waals surface area contributed by atoms with Crippen LogP contribution in [0.15, 0.2) is 36.4 Å². The van der Waals surface area contributed by atoms with Gasteiger partial charge >= 0.3 is 0 Å². The Hall–Kier alpha value is -2.47. The summed E-state index contributed by atoms with van der Waals surface area (Å²) in [6, 6.07) is 11.2. The minimum absolute atomic E-state index is 0.270. The molecule has 1 aromatic heterocycles. The summed E-state index contributed by atoms with van der Waals surface area (Å²) in [4.78, 5) is 35.1. The zero-order chi connectivity index (χ0) is 15.4. The van der Waals surface area contributed by atoms with Crippen LogP contribution in [0.5, 0.6) is 0 Å². The summed E-state index contributed by atoms with van der Waals surface area (Å²) in [5, 5.41) is 5.27. The van der Waals surface area contributed by atoms with Crippen molar-refractivity contribution in [3.8, 4) is 10.4 Å². The van der Waals surface area contributed by atoms with Crippen LogP contribution in [0.3, 0.4) is 0 Å². The molecule has 3 amide bonds. The number of hydrogen-bond donors (Lipinski definition) is 2. The zero-order valence-electron chi connectivity index (χ0n) is 11.6. The van der Waals surface area contributed by atoms with Crippen molar-refractivity contribution in [1.29, 1.82) is 0 Å². The van der Waals surface area contributed by atoms with Gasteiger partial charge in [-0.2, -0.15) is 0 Å². The van der Waals surface area contributed by atoms with Crippen molar-refractivity contribution in [2.75, 3.05) is 5.32 Å². The lowest BCUT2D eigenvalue weighted by Gasteiger charge is -2.02. The maximum Gasteiger partial charge on any atom is 0.260 e. The molecule has 1 heterocycles. The van der Waals surface area contributed by atoms with Gasteiger partial charge in [0, 0.05) is 18.7 Å². The molecule has 0 fully saturated rings. The first kappa shape index (κ1) is 14.9. The number of rotatable bonds is 3. The molecule has 0 unspecified atom stereocenters. The van der Waals surface area contributed by atoms with Gasteiger partial charge in [0.25, 0.3) is 5.91 Å². The third kappa shape index (κ3) is 3.76. The van der Waals surface area contributed by atoms with Crippen molar-refractivity contribution < 1.29 is 14.4 Å². The molecule has 0 saturated carbocycles. The standard InChI is InChI=1S/C15H14N2O3S/c1-9(18)16-14(20)12-8-13(11-6-4-3-5-7-11)21-15(12)17-10(2)19/h3-8H,1-2H3,(H,17,19)(H,16,18,20). The highest BCUT2D eigenvalue weighted by Crippen LogP contribution is 2.35. The van der Waals surface area contributed by atoms with E-state index in [1.165, 1.54) is 25.2 Å². The maximum atomic E-state index is 12.0. The molecule has 0 aliphatic heterocycles. The second-order valence-corrected chi connectivity index (χ2v) is 5.46. The number of benzene rings is 1. The fourth-order valence-electron chi connectivity index (χ4n) is 1.78. The van der Waals surface area contributed by atoms with Gasteiger partial charge in [-0.15, -0.1) is 11.3 Å². The molecule has 2 aromatic rings. The average Bonchev–Trinajstić information content (AvgIpc) is 2.82. The molecule has 5 nitrogen and oxygen atoms in total.